The first-order chi connectivity index (χ1) is 15.1. The topological polar surface area (TPSA) is 61.7 Å². The summed E-state index contributed by atoms with van der Waals surface area (Å²) in [7, 11) is 0. The highest BCUT2D eigenvalue weighted by atomic mass is 35.5. The first-order valence-electron chi connectivity index (χ1n) is 10.4. The summed E-state index contributed by atoms with van der Waals surface area (Å²) in [5.74, 6) is 0.0535. The minimum atomic E-state index is -0.0547. The van der Waals surface area contributed by atoms with Crippen LogP contribution in [-0.2, 0) is 0 Å². The lowest BCUT2D eigenvalue weighted by atomic mass is 10.0. The van der Waals surface area contributed by atoms with Crippen LogP contribution in [0.15, 0.2) is 75.4 Å². The standard InChI is InChI=1S/C25H21ClN2O2S/c26-20-14-17(29)10-11-18(20)24-19-7-3-4-8-22(19)31-23-12-9-15(13-21(23)28-24)25(30)27-16-5-1-2-6-16/h3-4,7-14,16,29H,1-2,5-6H2,(H,27,30). The Morgan fingerprint density at radius 2 is 1.81 bits per heavy atom. The summed E-state index contributed by atoms with van der Waals surface area (Å²) in [5, 5.41) is 13.4. The number of hydrogen-bond donors (Lipinski definition) is 2. The van der Waals surface area contributed by atoms with Gasteiger partial charge in [0, 0.05) is 32.5 Å². The normalized spacial score (nSPS) is 15.6. The van der Waals surface area contributed by atoms with Crippen LogP contribution in [-0.4, -0.2) is 22.8 Å². The zero-order valence-corrected chi connectivity index (χ0v) is 18.3. The van der Waals surface area contributed by atoms with Crippen LogP contribution in [0.2, 0.25) is 5.02 Å². The van der Waals surface area contributed by atoms with Gasteiger partial charge < -0.3 is 10.4 Å². The van der Waals surface area contributed by atoms with Crippen molar-refractivity contribution in [1.29, 1.82) is 0 Å². The second-order valence-corrected chi connectivity index (χ2v) is 9.35. The first-order valence-corrected chi connectivity index (χ1v) is 11.6. The number of fused-ring (bicyclic) bond motifs is 2. The van der Waals surface area contributed by atoms with Crippen molar-refractivity contribution < 1.29 is 9.90 Å². The lowest BCUT2D eigenvalue weighted by Crippen LogP contribution is -2.32. The Hall–Kier alpha value is -2.76. The number of amides is 1. The molecule has 0 spiro atoms. The third-order valence-electron chi connectivity index (χ3n) is 5.71. The van der Waals surface area contributed by atoms with Crippen LogP contribution in [0.3, 0.4) is 0 Å². The van der Waals surface area contributed by atoms with Crippen molar-refractivity contribution in [3.8, 4) is 5.75 Å². The van der Waals surface area contributed by atoms with E-state index >= 15 is 0 Å². The second-order valence-electron chi connectivity index (χ2n) is 7.86. The number of aromatic hydroxyl groups is 1. The minimum absolute atomic E-state index is 0.0547. The number of carbonyl (C=O) groups excluding carboxylic acids is 1. The predicted molar refractivity (Wildman–Crippen MR) is 125 cm³/mol. The van der Waals surface area contributed by atoms with Crippen molar-refractivity contribution in [3.63, 3.8) is 0 Å². The van der Waals surface area contributed by atoms with Crippen molar-refractivity contribution in [3.05, 3.63) is 82.4 Å². The number of hydrogen-bond acceptors (Lipinski definition) is 4. The number of phenolic OH excluding ortho intramolecular Hbond substituents is 1. The fourth-order valence-corrected chi connectivity index (χ4v) is 5.39. The number of phenols is 1. The van der Waals surface area contributed by atoms with E-state index in [1.54, 1.807) is 23.9 Å². The Balaban J connectivity index is 1.60. The molecule has 0 atom stereocenters. The average Bonchev–Trinajstić information content (AvgIpc) is 3.21. The highest BCUT2D eigenvalue weighted by Gasteiger charge is 2.23. The van der Waals surface area contributed by atoms with E-state index in [9.17, 15) is 9.90 Å². The maximum absolute atomic E-state index is 12.8. The molecule has 1 saturated carbocycles. The van der Waals surface area contributed by atoms with E-state index in [0.29, 0.717) is 10.6 Å². The average molecular weight is 449 g/mol. The Morgan fingerprint density at radius 1 is 1.00 bits per heavy atom. The van der Waals surface area contributed by atoms with Crippen LogP contribution in [0.25, 0.3) is 0 Å². The van der Waals surface area contributed by atoms with Gasteiger partial charge in [-0.05, 0) is 55.3 Å². The highest BCUT2D eigenvalue weighted by Crippen LogP contribution is 2.42. The maximum atomic E-state index is 12.8. The molecule has 1 amide bonds. The van der Waals surface area contributed by atoms with Gasteiger partial charge in [0.25, 0.3) is 5.91 Å². The van der Waals surface area contributed by atoms with Crippen LogP contribution in [0.5, 0.6) is 5.75 Å². The maximum Gasteiger partial charge on any atom is 0.251 e. The second kappa shape index (κ2) is 8.40. The van der Waals surface area contributed by atoms with Gasteiger partial charge in [-0.15, -0.1) is 0 Å². The summed E-state index contributed by atoms with van der Waals surface area (Å²) >= 11 is 8.10. The van der Waals surface area contributed by atoms with Crippen molar-refractivity contribution in [2.45, 2.75) is 41.5 Å². The Morgan fingerprint density at radius 3 is 2.61 bits per heavy atom. The zero-order valence-electron chi connectivity index (χ0n) is 16.8. The summed E-state index contributed by atoms with van der Waals surface area (Å²) in [4.78, 5) is 19.8. The van der Waals surface area contributed by atoms with Gasteiger partial charge >= 0.3 is 0 Å². The van der Waals surface area contributed by atoms with E-state index in [1.165, 1.54) is 18.9 Å². The molecule has 3 aromatic carbocycles. The van der Waals surface area contributed by atoms with E-state index in [2.05, 4.69) is 11.4 Å². The Kier molecular flexibility index (Phi) is 5.47. The number of nitrogens with one attached hydrogen (secondary N) is 1. The number of halogens is 1. The molecule has 0 radical (unpaired) electrons. The molecule has 3 aromatic rings. The van der Waals surface area contributed by atoms with Gasteiger partial charge in [0.2, 0.25) is 0 Å². The molecule has 1 fully saturated rings. The smallest absolute Gasteiger partial charge is 0.251 e. The molecule has 31 heavy (non-hydrogen) atoms. The molecule has 1 aliphatic carbocycles. The van der Waals surface area contributed by atoms with Gasteiger partial charge in [0.05, 0.1) is 16.4 Å². The van der Waals surface area contributed by atoms with Crippen LogP contribution >= 0.6 is 23.4 Å². The van der Waals surface area contributed by atoms with Gasteiger partial charge in [-0.3, -0.25) is 4.79 Å². The zero-order chi connectivity index (χ0) is 21.4. The molecule has 2 N–H and O–H groups in total. The molecule has 2 aliphatic rings. The predicted octanol–water partition coefficient (Wildman–Crippen LogP) is 6.35. The minimum Gasteiger partial charge on any atom is -0.508 e. The molecular weight excluding hydrogens is 428 g/mol. The summed E-state index contributed by atoms with van der Waals surface area (Å²) in [6.07, 6.45) is 4.43. The number of benzene rings is 3. The highest BCUT2D eigenvalue weighted by molar-refractivity contribution is 7.99. The molecule has 4 nitrogen and oxygen atoms in total. The fraction of sp³-hybridized carbons (Fsp3) is 0.200. The summed E-state index contributed by atoms with van der Waals surface area (Å²) in [6.45, 7) is 0. The molecule has 0 saturated heterocycles. The molecule has 5 rings (SSSR count). The monoisotopic (exact) mass is 448 g/mol. The number of rotatable bonds is 3. The van der Waals surface area contributed by atoms with E-state index in [-0.39, 0.29) is 17.7 Å². The van der Waals surface area contributed by atoms with E-state index in [0.717, 1.165) is 45.2 Å². The summed E-state index contributed by atoms with van der Waals surface area (Å²) in [5.41, 5.74) is 3.77. The number of nitrogens with zero attached hydrogens (tertiary/aromatic N) is 1. The van der Waals surface area contributed by atoms with Gasteiger partial charge in [0.15, 0.2) is 0 Å². The van der Waals surface area contributed by atoms with Crippen molar-refractivity contribution in [2.24, 2.45) is 4.99 Å². The van der Waals surface area contributed by atoms with E-state index in [1.807, 2.05) is 36.4 Å². The van der Waals surface area contributed by atoms with Crippen LogP contribution in [0.4, 0.5) is 5.69 Å². The SMILES string of the molecule is O=C(NC1CCCC1)c1ccc2c(c1)N=C(c1ccc(O)cc1Cl)c1ccccc1S2. The Labute approximate surface area is 190 Å². The first kappa shape index (κ1) is 20.2. The summed E-state index contributed by atoms with van der Waals surface area (Å²) in [6, 6.07) is 18.9. The van der Waals surface area contributed by atoms with Crippen molar-refractivity contribution in [2.75, 3.05) is 0 Å². The molecular formula is C25H21ClN2O2S. The van der Waals surface area contributed by atoms with Gasteiger partial charge in [-0.2, -0.15) is 0 Å². The number of carbonyl (C=O) groups is 1. The van der Waals surface area contributed by atoms with Crippen LogP contribution in [0.1, 0.15) is 47.2 Å². The lowest BCUT2D eigenvalue weighted by molar-refractivity contribution is 0.0938. The molecule has 0 unspecified atom stereocenters. The molecule has 1 aliphatic heterocycles. The molecule has 1 heterocycles. The quantitative estimate of drug-likeness (QED) is 0.383. The molecule has 0 aromatic heterocycles. The largest absolute Gasteiger partial charge is 0.508 e. The van der Waals surface area contributed by atoms with E-state index < -0.39 is 0 Å². The fourth-order valence-electron chi connectivity index (χ4n) is 4.12. The van der Waals surface area contributed by atoms with Gasteiger partial charge in [-0.1, -0.05) is 54.4 Å². The summed E-state index contributed by atoms with van der Waals surface area (Å²) < 4.78 is 0. The number of aliphatic imine (C=N–C) groups is 1. The molecule has 0 bridgehead atoms. The molecule has 156 valence electrons. The Bertz CT molecular complexity index is 1200. The molecule has 6 heteroatoms. The van der Waals surface area contributed by atoms with Crippen molar-refractivity contribution >= 4 is 40.7 Å². The lowest BCUT2D eigenvalue weighted by Gasteiger charge is -2.13. The van der Waals surface area contributed by atoms with Crippen molar-refractivity contribution in [1.82, 2.24) is 5.32 Å². The third-order valence-corrected chi connectivity index (χ3v) is 7.17. The van der Waals surface area contributed by atoms with Gasteiger partial charge in [-0.25, -0.2) is 4.99 Å². The van der Waals surface area contributed by atoms with E-state index in [4.69, 9.17) is 16.6 Å². The van der Waals surface area contributed by atoms with Crippen LogP contribution < -0.4 is 5.32 Å². The third kappa shape index (κ3) is 4.08. The van der Waals surface area contributed by atoms with Gasteiger partial charge in [0.1, 0.15) is 5.75 Å². The van der Waals surface area contributed by atoms with Crippen LogP contribution in [0, 0.1) is 0 Å².